The van der Waals surface area contributed by atoms with E-state index in [0.717, 1.165) is 23.8 Å². The molecule has 0 aliphatic carbocycles. The van der Waals surface area contributed by atoms with Crippen LogP contribution in [0.4, 0.5) is 0 Å². The Kier molecular flexibility index (Phi) is 6.40. The Morgan fingerprint density at radius 2 is 2.05 bits per heavy atom. The van der Waals surface area contributed by atoms with Gasteiger partial charge in [-0.1, -0.05) is 38.1 Å². The second-order valence-corrected chi connectivity index (χ2v) is 7.56. The molecule has 1 aliphatic rings. The van der Waals surface area contributed by atoms with Gasteiger partial charge in [-0.3, -0.25) is 0 Å². The van der Waals surface area contributed by atoms with Gasteiger partial charge in [-0.05, 0) is 42.1 Å². The van der Waals surface area contributed by atoms with Crippen molar-refractivity contribution in [3.8, 4) is 0 Å². The van der Waals surface area contributed by atoms with Gasteiger partial charge in [0.1, 0.15) is 0 Å². The zero-order valence-electron chi connectivity index (χ0n) is 12.6. The molecule has 1 aromatic carbocycles. The predicted octanol–water partition coefficient (Wildman–Crippen LogP) is 3.40. The molecule has 2 atom stereocenters. The first-order valence-electron chi connectivity index (χ1n) is 7.74. The molecule has 2 rings (SSSR count). The van der Waals surface area contributed by atoms with Gasteiger partial charge in [0.25, 0.3) is 0 Å². The summed E-state index contributed by atoms with van der Waals surface area (Å²) in [5.41, 5.74) is 2.37. The maximum Gasteiger partial charge on any atom is 0.0914 e. The molecule has 20 heavy (non-hydrogen) atoms. The van der Waals surface area contributed by atoms with E-state index in [9.17, 15) is 5.11 Å². The summed E-state index contributed by atoms with van der Waals surface area (Å²) in [6.45, 7) is 6.13. The summed E-state index contributed by atoms with van der Waals surface area (Å²) in [4.78, 5) is 0. The van der Waals surface area contributed by atoms with Crippen LogP contribution in [-0.2, 0) is 6.42 Å². The zero-order valence-corrected chi connectivity index (χ0v) is 13.5. The van der Waals surface area contributed by atoms with Crippen LogP contribution in [0, 0.1) is 5.92 Å². The number of hydrogen-bond donors (Lipinski definition) is 2. The fraction of sp³-hybridized carbons (Fsp3) is 0.647. The third-order valence-electron chi connectivity index (χ3n) is 3.74. The molecule has 0 spiro atoms. The van der Waals surface area contributed by atoms with Crippen LogP contribution in [0.1, 0.15) is 43.9 Å². The van der Waals surface area contributed by atoms with Crippen LogP contribution >= 0.6 is 11.8 Å². The van der Waals surface area contributed by atoms with Crippen molar-refractivity contribution in [3.05, 3.63) is 35.4 Å². The smallest absolute Gasteiger partial charge is 0.0914 e. The molecule has 1 aromatic rings. The molecule has 1 heterocycles. The number of rotatable bonds is 7. The summed E-state index contributed by atoms with van der Waals surface area (Å²) >= 11 is 2.05. The molecule has 0 aromatic heterocycles. The van der Waals surface area contributed by atoms with Gasteiger partial charge in [-0.2, -0.15) is 11.8 Å². The minimum absolute atomic E-state index is 0.394. The van der Waals surface area contributed by atoms with Crippen LogP contribution < -0.4 is 5.32 Å². The summed E-state index contributed by atoms with van der Waals surface area (Å²) in [6.07, 6.45) is 3.37. The van der Waals surface area contributed by atoms with Gasteiger partial charge in [-0.25, -0.2) is 0 Å². The van der Waals surface area contributed by atoms with Gasteiger partial charge >= 0.3 is 0 Å². The molecule has 0 radical (unpaired) electrons. The average Bonchev–Trinajstić information content (AvgIpc) is 2.92. The van der Waals surface area contributed by atoms with Crippen molar-refractivity contribution in [1.82, 2.24) is 5.32 Å². The molecule has 2 N–H and O–H groups in total. The van der Waals surface area contributed by atoms with Gasteiger partial charge in [0, 0.05) is 18.3 Å². The van der Waals surface area contributed by atoms with Crippen molar-refractivity contribution in [2.75, 3.05) is 18.8 Å². The lowest BCUT2D eigenvalue weighted by atomic mass is 10.0. The lowest BCUT2D eigenvalue weighted by Gasteiger charge is -2.15. The second kappa shape index (κ2) is 8.06. The Morgan fingerprint density at radius 3 is 2.65 bits per heavy atom. The van der Waals surface area contributed by atoms with E-state index in [0.29, 0.717) is 12.5 Å². The maximum absolute atomic E-state index is 10.2. The third kappa shape index (κ3) is 5.12. The van der Waals surface area contributed by atoms with Crippen molar-refractivity contribution >= 4 is 11.8 Å². The summed E-state index contributed by atoms with van der Waals surface area (Å²) in [6, 6.07) is 8.42. The van der Waals surface area contributed by atoms with E-state index in [2.05, 4.69) is 55.2 Å². The van der Waals surface area contributed by atoms with Crippen molar-refractivity contribution in [2.24, 2.45) is 5.92 Å². The molecular formula is C17H27NOS. The number of benzene rings is 1. The fourth-order valence-electron chi connectivity index (χ4n) is 2.65. The molecule has 1 saturated heterocycles. The maximum atomic E-state index is 10.2. The highest BCUT2D eigenvalue weighted by molar-refractivity contribution is 8.00. The van der Waals surface area contributed by atoms with E-state index in [4.69, 9.17) is 0 Å². The highest BCUT2D eigenvalue weighted by Crippen LogP contribution is 2.25. The largest absolute Gasteiger partial charge is 0.387 e. The van der Waals surface area contributed by atoms with Crippen LogP contribution in [-0.4, -0.2) is 29.2 Å². The van der Waals surface area contributed by atoms with Gasteiger partial charge in [0.2, 0.25) is 0 Å². The third-order valence-corrected chi connectivity index (χ3v) is 5.14. The molecule has 112 valence electrons. The molecule has 0 amide bonds. The fourth-order valence-corrected chi connectivity index (χ4v) is 3.89. The standard InChI is InChI=1S/C17H27NOS/c1-13(2)10-14-5-7-15(8-6-14)17(19)12-18-11-16-4-3-9-20-16/h5-8,13,16-19H,3-4,9-12H2,1-2H3. The quantitative estimate of drug-likeness (QED) is 0.808. The first-order chi connectivity index (χ1) is 9.65. The van der Waals surface area contributed by atoms with Crippen molar-refractivity contribution in [2.45, 2.75) is 44.5 Å². The number of hydrogen-bond acceptors (Lipinski definition) is 3. The molecule has 1 fully saturated rings. The SMILES string of the molecule is CC(C)Cc1ccc(C(O)CNCC2CCCS2)cc1. The molecule has 1 aliphatic heterocycles. The first-order valence-corrected chi connectivity index (χ1v) is 8.79. The molecule has 2 nitrogen and oxygen atoms in total. The predicted molar refractivity (Wildman–Crippen MR) is 88.3 cm³/mol. The normalized spacial score (nSPS) is 20.5. The number of aliphatic hydroxyl groups is 1. The first kappa shape index (κ1) is 15.9. The molecule has 0 bridgehead atoms. The molecular weight excluding hydrogens is 266 g/mol. The van der Waals surface area contributed by atoms with Gasteiger partial charge in [-0.15, -0.1) is 0 Å². The minimum atomic E-state index is -0.394. The lowest BCUT2D eigenvalue weighted by molar-refractivity contribution is 0.175. The van der Waals surface area contributed by atoms with Crippen LogP contribution in [0.3, 0.4) is 0 Å². The highest BCUT2D eigenvalue weighted by Gasteiger charge is 2.15. The van der Waals surface area contributed by atoms with Crippen molar-refractivity contribution in [3.63, 3.8) is 0 Å². The summed E-state index contributed by atoms with van der Waals surface area (Å²) in [5.74, 6) is 1.98. The second-order valence-electron chi connectivity index (χ2n) is 6.15. The Labute approximate surface area is 127 Å². The number of nitrogens with one attached hydrogen (secondary N) is 1. The minimum Gasteiger partial charge on any atom is -0.387 e. The molecule has 2 unspecified atom stereocenters. The average molecular weight is 293 g/mol. The van der Waals surface area contributed by atoms with Gasteiger partial charge in [0.05, 0.1) is 6.10 Å². The molecule has 0 saturated carbocycles. The van der Waals surface area contributed by atoms with Crippen LogP contribution in [0.25, 0.3) is 0 Å². The zero-order chi connectivity index (χ0) is 14.4. The van der Waals surface area contributed by atoms with Crippen molar-refractivity contribution < 1.29 is 5.11 Å². The Bertz CT molecular complexity index is 384. The van der Waals surface area contributed by atoms with Crippen LogP contribution in [0.15, 0.2) is 24.3 Å². The topological polar surface area (TPSA) is 32.3 Å². The van der Waals surface area contributed by atoms with Crippen LogP contribution in [0.2, 0.25) is 0 Å². The number of thioether (sulfide) groups is 1. The van der Waals surface area contributed by atoms with E-state index >= 15 is 0 Å². The number of aliphatic hydroxyl groups excluding tert-OH is 1. The van der Waals surface area contributed by atoms with Gasteiger partial charge in [0.15, 0.2) is 0 Å². The van der Waals surface area contributed by atoms with E-state index in [1.807, 2.05) is 0 Å². The monoisotopic (exact) mass is 293 g/mol. The summed E-state index contributed by atoms with van der Waals surface area (Å²) in [7, 11) is 0. The Hall–Kier alpha value is -0.510. The lowest BCUT2D eigenvalue weighted by Crippen LogP contribution is -2.27. The van der Waals surface area contributed by atoms with E-state index in [1.54, 1.807) is 0 Å². The van der Waals surface area contributed by atoms with E-state index in [1.165, 1.54) is 24.2 Å². The van der Waals surface area contributed by atoms with Gasteiger partial charge < -0.3 is 10.4 Å². The van der Waals surface area contributed by atoms with Crippen LogP contribution in [0.5, 0.6) is 0 Å². The van der Waals surface area contributed by atoms with Crippen molar-refractivity contribution in [1.29, 1.82) is 0 Å². The summed E-state index contributed by atoms with van der Waals surface area (Å²) < 4.78 is 0. The highest BCUT2D eigenvalue weighted by atomic mass is 32.2. The Morgan fingerprint density at radius 1 is 1.30 bits per heavy atom. The van der Waals surface area contributed by atoms with E-state index in [-0.39, 0.29) is 0 Å². The summed E-state index contributed by atoms with van der Waals surface area (Å²) in [5, 5.41) is 14.3. The molecule has 3 heteroatoms. The van der Waals surface area contributed by atoms with E-state index < -0.39 is 6.10 Å². The Balaban J connectivity index is 1.75.